The van der Waals surface area contributed by atoms with Crippen LogP contribution in [-0.4, -0.2) is 55.2 Å². The molecule has 0 bridgehead atoms. The molecule has 6 heteroatoms. The van der Waals surface area contributed by atoms with Crippen molar-refractivity contribution in [2.45, 2.75) is 51.7 Å². The summed E-state index contributed by atoms with van der Waals surface area (Å²) < 4.78 is 30.4. The lowest BCUT2D eigenvalue weighted by Gasteiger charge is -2.34. The lowest BCUT2D eigenvalue weighted by molar-refractivity contribution is -0.933. The van der Waals surface area contributed by atoms with Crippen LogP contribution in [0.2, 0.25) is 0 Å². The molecular formula is C12H28NO4S+. The fraction of sp³-hybridized carbons (Fsp3) is 1.00. The molecule has 18 heavy (non-hydrogen) atoms. The number of rotatable bonds is 10. The SMILES string of the molecule is CCCCCCCC[N+](C)(C)C(O)CS(=O)(=O)O. The first-order valence-corrected chi connectivity index (χ1v) is 8.26. The van der Waals surface area contributed by atoms with Gasteiger partial charge in [0.2, 0.25) is 6.23 Å². The normalized spacial score (nSPS) is 14.7. The van der Waals surface area contributed by atoms with E-state index in [2.05, 4.69) is 6.92 Å². The molecular weight excluding hydrogens is 254 g/mol. The maximum absolute atomic E-state index is 10.7. The standard InChI is InChI=1S/C12H27NO4S/c1-4-5-6-7-8-9-10-13(2,3)12(14)11-18(15,16)17/h12,14H,4-11H2,1-3H3/p+1. The number of hydrogen-bond donors (Lipinski definition) is 2. The highest BCUT2D eigenvalue weighted by atomic mass is 32.2. The molecule has 0 aliphatic rings. The second kappa shape index (κ2) is 8.09. The van der Waals surface area contributed by atoms with E-state index in [-0.39, 0.29) is 4.48 Å². The molecule has 0 aromatic carbocycles. The Morgan fingerprint density at radius 3 is 2.06 bits per heavy atom. The van der Waals surface area contributed by atoms with Crippen molar-refractivity contribution in [1.29, 1.82) is 0 Å². The Morgan fingerprint density at radius 2 is 1.56 bits per heavy atom. The molecule has 0 aliphatic heterocycles. The van der Waals surface area contributed by atoms with Crippen molar-refractivity contribution in [2.24, 2.45) is 0 Å². The Kier molecular flexibility index (Phi) is 8.02. The van der Waals surface area contributed by atoms with Crippen molar-refractivity contribution in [2.75, 3.05) is 26.4 Å². The molecule has 0 rings (SSSR count). The van der Waals surface area contributed by atoms with Crippen molar-refractivity contribution in [1.82, 2.24) is 0 Å². The predicted octanol–water partition coefficient (Wildman–Crippen LogP) is 1.63. The van der Waals surface area contributed by atoms with Crippen molar-refractivity contribution in [3.05, 3.63) is 0 Å². The molecule has 1 unspecified atom stereocenters. The van der Waals surface area contributed by atoms with Crippen molar-refractivity contribution >= 4 is 10.1 Å². The lowest BCUT2D eigenvalue weighted by Crippen LogP contribution is -2.52. The van der Waals surface area contributed by atoms with Gasteiger partial charge in [0, 0.05) is 0 Å². The van der Waals surface area contributed by atoms with Gasteiger partial charge < -0.3 is 9.59 Å². The summed E-state index contributed by atoms with van der Waals surface area (Å²) in [5, 5.41) is 9.79. The Morgan fingerprint density at radius 1 is 1.06 bits per heavy atom. The van der Waals surface area contributed by atoms with Crippen LogP contribution < -0.4 is 0 Å². The average Bonchev–Trinajstić information content (AvgIpc) is 2.20. The fourth-order valence-corrected chi connectivity index (χ4v) is 2.62. The molecule has 0 aromatic rings. The van der Waals surface area contributed by atoms with Gasteiger partial charge in [-0.1, -0.05) is 32.6 Å². The lowest BCUT2D eigenvalue weighted by atomic mass is 10.1. The van der Waals surface area contributed by atoms with E-state index in [1.165, 1.54) is 25.7 Å². The van der Waals surface area contributed by atoms with E-state index in [0.717, 1.165) is 12.8 Å². The van der Waals surface area contributed by atoms with Gasteiger partial charge in [-0.15, -0.1) is 0 Å². The van der Waals surface area contributed by atoms with Crippen LogP contribution in [0.5, 0.6) is 0 Å². The van der Waals surface area contributed by atoms with E-state index >= 15 is 0 Å². The number of nitrogens with zero attached hydrogens (tertiary/aromatic N) is 1. The van der Waals surface area contributed by atoms with Gasteiger partial charge in [0.15, 0.2) is 5.75 Å². The summed E-state index contributed by atoms with van der Waals surface area (Å²) in [6, 6.07) is 0. The number of hydrogen-bond acceptors (Lipinski definition) is 3. The van der Waals surface area contributed by atoms with Crippen molar-refractivity contribution in [3.8, 4) is 0 Å². The maximum atomic E-state index is 10.7. The van der Waals surface area contributed by atoms with E-state index in [1.54, 1.807) is 14.1 Å². The number of aliphatic hydroxyl groups is 1. The van der Waals surface area contributed by atoms with Crippen LogP contribution in [0.25, 0.3) is 0 Å². The zero-order chi connectivity index (χ0) is 14.2. The number of quaternary nitrogens is 1. The highest BCUT2D eigenvalue weighted by Gasteiger charge is 2.29. The van der Waals surface area contributed by atoms with Crippen LogP contribution in [0.3, 0.4) is 0 Å². The predicted molar refractivity (Wildman–Crippen MR) is 72.8 cm³/mol. The van der Waals surface area contributed by atoms with E-state index in [0.29, 0.717) is 6.54 Å². The molecule has 0 aliphatic carbocycles. The van der Waals surface area contributed by atoms with Crippen molar-refractivity contribution < 1.29 is 22.6 Å². The Bertz CT molecular complexity index is 314. The van der Waals surface area contributed by atoms with Crippen LogP contribution in [0, 0.1) is 0 Å². The summed E-state index contributed by atoms with van der Waals surface area (Å²) in [6.45, 7) is 2.88. The van der Waals surface area contributed by atoms with Crippen LogP contribution in [0.1, 0.15) is 45.4 Å². The Balaban J connectivity index is 3.92. The highest BCUT2D eigenvalue weighted by Crippen LogP contribution is 2.11. The van der Waals surface area contributed by atoms with Gasteiger partial charge in [-0.3, -0.25) is 4.55 Å². The molecule has 0 radical (unpaired) electrons. The summed E-state index contributed by atoms with van der Waals surface area (Å²) in [4.78, 5) is 0. The zero-order valence-corrected chi connectivity index (χ0v) is 12.6. The molecule has 5 nitrogen and oxygen atoms in total. The van der Waals surface area contributed by atoms with Gasteiger partial charge in [-0.2, -0.15) is 8.42 Å². The number of unbranched alkanes of at least 4 members (excludes halogenated alkanes) is 5. The second-order valence-corrected chi connectivity index (χ2v) is 7.00. The van der Waals surface area contributed by atoms with E-state index in [1.807, 2.05) is 0 Å². The molecule has 0 heterocycles. The van der Waals surface area contributed by atoms with Crippen LogP contribution in [0.4, 0.5) is 0 Å². The van der Waals surface area contributed by atoms with Gasteiger partial charge >= 0.3 is 0 Å². The number of aliphatic hydroxyl groups excluding tert-OH is 1. The monoisotopic (exact) mass is 282 g/mol. The molecule has 0 fully saturated rings. The molecule has 0 saturated carbocycles. The molecule has 0 spiro atoms. The van der Waals surface area contributed by atoms with Gasteiger partial charge in [0.1, 0.15) is 0 Å². The topological polar surface area (TPSA) is 74.6 Å². The van der Waals surface area contributed by atoms with Gasteiger partial charge in [-0.25, -0.2) is 0 Å². The third-order valence-electron chi connectivity index (χ3n) is 3.25. The van der Waals surface area contributed by atoms with E-state index in [9.17, 15) is 13.5 Å². The highest BCUT2D eigenvalue weighted by molar-refractivity contribution is 7.85. The maximum Gasteiger partial charge on any atom is 0.273 e. The van der Waals surface area contributed by atoms with E-state index < -0.39 is 22.1 Å². The molecule has 0 amide bonds. The van der Waals surface area contributed by atoms with Crippen molar-refractivity contribution in [3.63, 3.8) is 0 Å². The third kappa shape index (κ3) is 8.85. The van der Waals surface area contributed by atoms with Crippen LogP contribution in [0.15, 0.2) is 0 Å². The Labute approximate surface area is 111 Å². The summed E-state index contributed by atoms with van der Waals surface area (Å²) >= 11 is 0. The summed E-state index contributed by atoms with van der Waals surface area (Å²) in [7, 11) is -0.555. The largest absolute Gasteiger partial charge is 0.344 e. The Hall–Kier alpha value is -0.170. The zero-order valence-electron chi connectivity index (χ0n) is 11.8. The van der Waals surface area contributed by atoms with Gasteiger partial charge in [0.25, 0.3) is 10.1 Å². The van der Waals surface area contributed by atoms with Crippen LogP contribution in [-0.2, 0) is 10.1 Å². The third-order valence-corrected chi connectivity index (χ3v) is 3.97. The summed E-state index contributed by atoms with van der Waals surface area (Å²) in [6.07, 6.45) is 5.87. The summed E-state index contributed by atoms with van der Waals surface area (Å²) in [5.74, 6) is -0.601. The fourth-order valence-electron chi connectivity index (χ4n) is 1.84. The molecule has 2 N–H and O–H groups in total. The summed E-state index contributed by atoms with van der Waals surface area (Å²) in [5.41, 5.74) is 0. The minimum Gasteiger partial charge on any atom is -0.344 e. The smallest absolute Gasteiger partial charge is 0.273 e. The quantitative estimate of drug-likeness (QED) is 0.276. The average molecular weight is 282 g/mol. The van der Waals surface area contributed by atoms with Gasteiger partial charge in [0.05, 0.1) is 20.6 Å². The first kappa shape index (κ1) is 17.8. The minimum atomic E-state index is -4.11. The second-order valence-electron chi connectivity index (χ2n) is 5.50. The molecule has 110 valence electrons. The molecule has 0 aromatic heterocycles. The molecule has 0 saturated heterocycles. The van der Waals surface area contributed by atoms with Gasteiger partial charge in [-0.05, 0) is 12.8 Å². The first-order chi connectivity index (χ1) is 8.19. The van der Waals surface area contributed by atoms with E-state index in [4.69, 9.17) is 4.55 Å². The first-order valence-electron chi connectivity index (χ1n) is 6.65. The molecule has 1 atom stereocenters. The minimum absolute atomic E-state index is 0.202. The van der Waals surface area contributed by atoms with Crippen LogP contribution >= 0.6 is 0 Å².